The van der Waals surface area contributed by atoms with Gasteiger partial charge in [0.1, 0.15) is 5.82 Å². The normalized spacial score (nSPS) is 21.2. The molecular weight excluding hydrogens is 306 g/mol. The van der Waals surface area contributed by atoms with Gasteiger partial charge in [-0.3, -0.25) is 9.48 Å². The maximum absolute atomic E-state index is 12.6. The Morgan fingerprint density at radius 1 is 1.21 bits per heavy atom. The Bertz CT molecular complexity index is 702. The first kappa shape index (κ1) is 15.3. The number of hydrogen-bond acceptors (Lipinski definition) is 5. The molecule has 1 aliphatic heterocycles. The van der Waals surface area contributed by atoms with Crippen molar-refractivity contribution in [3.63, 3.8) is 0 Å². The summed E-state index contributed by atoms with van der Waals surface area (Å²) in [6.07, 6.45) is 8.83. The Balaban J connectivity index is 1.45. The van der Waals surface area contributed by atoms with Crippen LogP contribution in [0.15, 0.2) is 12.4 Å². The van der Waals surface area contributed by atoms with E-state index in [2.05, 4.69) is 25.1 Å². The summed E-state index contributed by atoms with van der Waals surface area (Å²) in [5.74, 6) is 2.74. The molecular formula is C16H23N7O. The van der Waals surface area contributed by atoms with E-state index in [9.17, 15) is 4.79 Å². The molecule has 0 spiro atoms. The molecule has 4 rings (SSSR count). The molecule has 0 aromatic carbocycles. The van der Waals surface area contributed by atoms with Gasteiger partial charge in [-0.15, -0.1) is 15.3 Å². The van der Waals surface area contributed by atoms with Crippen LogP contribution in [0.1, 0.15) is 62.6 Å². The second kappa shape index (κ2) is 6.33. The van der Waals surface area contributed by atoms with E-state index in [-0.39, 0.29) is 11.9 Å². The van der Waals surface area contributed by atoms with Crippen LogP contribution in [0.2, 0.25) is 0 Å². The number of rotatable bonds is 4. The molecule has 1 aliphatic carbocycles. The highest BCUT2D eigenvalue weighted by molar-refractivity contribution is 5.76. The van der Waals surface area contributed by atoms with Gasteiger partial charge >= 0.3 is 0 Å². The smallest absolute Gasteiger partial charge is 0.225 e. The second-order valence-corrected chi connectivity index (χ2v) is 6.73. The summed E-state index contributed by atoms with van der Waals surface area (Å²) < 4.78 is 3.94. The molecule has 0 saturated heterocycles. The Morgan fingerprint density at radius 2 is 2.00 bits per heavy atom. The number of nitrogens with zero attached hydrogens (tertiary/aromatic N) is 7. The molecule has 1 unspecified atom stereocenters. The summed E-state index contributed by atoms with van der Waals surface area (Å²) in [6.45, 7) is 4.13. The first-order chi connectivity index (χ1) is 11.7. The summed E-state index contributed by atoms with van der Waals surface area (Å²) in [5.41, 5.74) is 0. The van der Waals surface area contributed by atoms with E-state index in [0.29, 0.717) is 18.9 Å². The lowest BCUT2D eigenvalue weighted by Crippen LogP contribution is -2.42. The highest BCUT2D eigenvalue weighted by Crippen LogP contribution is 2.35. The van der Waals surface area contributed by atoms with Crippen molar-refractivity contribution < 1.29 is 4.79 Å². The molecule has 24 heavy (non-hydrogen) atoms. The first-order valence-electron chi connectivity index (χ1n) is 8.80. The Kier molecular flexibility index (Phi) is 4.03. The van der Waals surface area contributed by atoms with Crippen LogP contribution >= 0.6 is 0 Å². The van der Waals surface area contributed by atoms with Crippen LogP contribution in [-0.4, -0.2) is 47.1 Å². The van der Waals surface area contributed by atoms with E-state index in [1.165, 1.54) is 25.7 Å². The van der Waals surface area contributed by atoms with E-state index in [4.69, 9.17) is 0 Å². The van der Waals surface area contributed by atoms with Crippen molar-refractivity contribution in [3.8, 4) is 0 Å². The molecule has 0 bridgehead atoms. The molecule has 0 N–H and O–H groups in total. The second-order valence-electron chi connectivity index (χ2n) is 6.73. The van der Waals surface area contributed by atoms with E-state index in [1.54, 1.807) is 17.1 Å². The molecule has 1 saturated carbocycles. The topological polar surface area (TPSA) is 81.7 Å². The van der Waals surface area contributed by atoms with Crippen LogP contribution in [0.4, 0.5) is 0 Å². The third-order valence-corrected chi connectivity index (χ3v) is 5.28. The van der Waals surface area contributed by atoms with Gasteiger partial charge in [-0.1, -0.05) is 18.1 Å². The van der Waals surface area contributed by atoms with Gasteiger partial charge in [0, 0.05) is 31.6 Å². The fourth-order valence-corrected chi connectivity index (χ4v) is 3.94. The van der Waals surface area contributed by atoms with Crippen LogP contribution in [0.25, 0.3) is 0 Å². The number of hydrogen-bond donors (Lipinski definition) is 0. The zero-order valence-corrected chi connectivity index (χ0v) is 14.0. The zero-order valence-electron chi connectivity index (χ0n) is 14.0. The Labute approximate surface area is 140 Å². The molecule has 2 aromatic heterocycles. The Morgan fingerprint density at radius 3 is 2.75 bits per heavy atom. The molecule has 8 nitrogen and oxygen atoms in total. The molecule has 2 aromatic rings. The van der Waals surface area contributed by atoms with Crippen molar-refractivity contribution in [2.45, 2.75) is 64.1 Å². The number of carbonyl (C=O) groups is 1. The number of amides is 1. The van der Waals surface area contributed by atoms with E-state index in [0.717, 1.165) is 24.7 Å². The SMILES string of the molecule is CC1c2nnc(C3CCCC3)n2CCN1C(=O)CCn1ccnn1. The minimum absolute atomic E-state index is 0.0235. The predicted molar refractivity (Wildman–Crippen MR) is 86.0 cm³/mol. The van der Waals surface area contributed by atoms with Crippen LogP contribution in [-0.2, 0) is 17.9 Å². The van der Waals surface area contributed by atoms with Crippen molar-refractivity contribution in [1.29, 1.82) is 0 Å². The minimum atomic E-state index is -0.0235. The maximum Gasteiger partial charge on any atom is 0.225 e. The van der Waals surface area contributed by atoms with Gasteiger partial charge in [0.25, 0.3) is 0 Å². The molecule has 3 heterocycles. The first-order valence-corrected chi connectivity index (χ1v) is 8.80. The summed E-state index contributed by atoms with van der Waals surface area (Å²) >= 11 is 0. The lowest BCUT2D eigenvalue weighted by atomic mass is 10.1. The molecule has 8 heteroatoms. The fourth-order valence-electron chi connectivity index (χ4n) is 3.94. The zero-order chi connectivity index (χ0) is 16.5. The van der Waals surface area contributed by atoms with E-state index < -0.39 is 0 Å². The van der Waals surface area contributed by atoms with Crippen molar-refractivity contribution in [2.75, 3.05) is 6.54 Å². The van der Waals surface area contributed by atoms with Gasteiger partial charge in [-0.2, -0.15) is 0 Å². The third kappa shape index (κ3) is 2.70. The number of aryl methyl sites for hydroxylation is 1. The van der Waals surface area contributed by atoms with Gasteiger partial charge in [0.2, 0.25) is 5.91 Å². The monoisotopic (exact) mass is 329 g/mol. The quantitative estimate of drug-likeness (QED) is 0.849. The molecule has 128 valence electrons. The summed E-state index contributed by atoms with van der Waals surface area (Å²) in [5, 5.41) is 16.5. The van der Waals surface area contributed by atoms with Gasteiger partial charge in [-0.25, -0.2) is 0 Å². The average molecular weight is 329 g/mol. The van der Waals surface area contributed by atoms with Crippen molar-refractivity contribution in [3.05, 3.63) is 24.0 Å². The highest BCUT2D eigenvalue weighted by Gasteiger charge is 2.33. The summed E-state index contributed by atoms with van der Waals surface area (Å²) in [4.78, 5) is 14.5. The largest absolute Gasteiger partial charge is 0.331 e. The number of carbonyl (C=O) groups excluding carboxylic acids is 1. The van der Waals surface area contributed by atoms with Crippen molar-refractivity contribution >= 4 is 5.91 Å². The van der Waals surface area contributed by atoms with Gasteiger partial charge in [-0.05, 0) is 19.8 Å². The fraction of sp³-hybridized carbons (Fsp3) is 0.688. The van der Waals surface area contributed by atoms with Crippen molar-refractivity contribution in [1.82, 2.24) is 34.7 Å². The molecule has 1 atom stereocenters. The maximum atomic E-state index is 12.6. The van der Waals surface area contributed by atoms with Crippen LogP contribution in [0, 0.1) is 0 Å². The summed E-state index contributed by atoms with van der Waals surface area (Å²) in [6, 6.07) is -0.0235. The van der Waals surface area contributed by atoms with Crippen LogP contribution < -0.4 is 0 Å². The molecule has 1 amide bonds. The van der Waals surface area contributed by atoms with Gasteiger partial charge < -0.3 is 9.47 Å². The third-order valence-electron chi connectivity index (χ3n) is 5.28. The summed E-state index contributed by atoms with van der Waals surface area (Å²) in [7, 11) is 0. The molecule has 0 radical (unpaired) electrons. The standard InChI is InChI=1S/C16H23N7O/c1-12-15-18-19-16(13-4-2-3-5-13)23(15)11-10-22(12)14(24)6-8-21-9-7-17-20-21/h7,9,12-13H,2-6,8,10-11H2,1H3. The Hall–Kier alpha value is -2.25. The van der Waals surface area contributed by atoms with Gasteiger partial charge in [0.15, 0.2) is 5.82 Å². The lowest BCUT2D eigenvalue weighted by Gasteiger charge is -2.34. The minimum Gasteiger partial charge on any atom is -0.331 e. The van der Waals surface area contributed by atoms with Crippen molar-refractivity contribution in [2.24, 2.45) is 0 Å². The van der Waals surface area contributed by atoms with E-state index in [1.807, 2.05) is 11.8 Å². The van der Waals surface area contributed by atoms with Gasteiger partial charge in [0.05, 0.1) is 18.8 Å². The number of aromatic nitrogens is 6. The van der Waals surface area contributed by atoms with Crippen LogP contribution in [0.3, 0.4) is 0 Å². The molecule has 2 aliphatic rings. The average Bonchev–Trinajstić information content (AvgIpc) is 3.32. The highest BCUT2D eigenvalue weighted by atomic mass is 16.2. The van der Waals surface area contributed by atoms with E-state index >= 15 is 0 Å². The van der Waals surface area contributed by atoms with Crippen LogP contribution in [0.5, 0.6) is 0 Å². The predicted octanol–water partition coefficient (Wildman–Crippen LogP) is 1.52. The number of fused-ring (bicyclic) bond motifs is 1. The lowest BCUT2D eigenvalue weighted by molar-refractivity contribution is -0.134. The molecule has 1 fully saturated rings.